The highest BCUT2D eigenvalue weighted by Gasteiger charge is 2.24. The van der Waals surface area contributed by atoms with Gasteiger partial charge in [-0.1, -0.05) is 0 Å². The lowest BCUT2D eigenvalue weighted by atomic mass is 10.1. The molecule has 0 aliphatic carbocycles. The molecule has 0 heterocycles. The number of nitrogens with one attached hydrogen (secondary N) is 1. The molecular weight excluding hydrogens is 188 g/mol. The molecule has 0 aliphatic heterocycles. The van der Waals surface area contributed by atoms with E-state index in [0.29, 0.717) is 13.0 Å². The van der Waals surface area contributed by atoms with Gasteiger partial charge in [-0.2, -0.15) is 0 Å². The third-order valence-corrected chi connectivity index (χ3v) is 1.67. The van der Waals surface area contributed by atoms with Crippen LogP contribution in [-0.4, -0.2) is 40.8 Å². The molecule has 0 saturated heterocycles. The number of aliphatic carboxylic acids is 1. The monoisotopic (exact) mass is 204 g/mol. The second-order valence-corrected chi connectivity index (χ2v) is 3.02. The summed E-state index contributed by atoms with van der Waals surface area (Å²) in [5.74, 6) is -1.66. The standard InChI is InChI=1S/C8H16N2O4/c1-5(11)7(8(13)14)10-6(12)3-2-4-9/h5,7,11H,2-4,9H2,1H3,(H,10,12)(H,13,14)/t5-,7+/m1/s1. The quantitative estimate of drug-likeness (QED) is 0.428. The van der Waals surface area contributed by atoms with Gasteiger partial charge >= 0.3 is 5.97 Å². The predicted molar refractivity (Wildman–Crippen MR) is 49.5 cm³/mol. The molecule has 0 bridgehead atoms. The molecule has 0 saturated carbocycles. The third kappa shape index (κ3) is 4.78. The van der Waals surface area contributed by atoms with E-state index >= 15 is 0 Å². The van der Waals surface area contributed by atoms with Crippen LogP contribution in [0.5, 0.6) is 0 Å². The largest absolute Gasteiger partial charge is 0.480 e. The molecule has 2 atom stereocenters. The molecule has 0 aromatic heterocycles. The Bertz CT molecular complexity index is 206. The Morgan fingerprint density at radius 1 is 1.50 bits per heavy atom. The van der Waals surface area contributed by atoms with Crippen molar-refractivity contribution in [1.29, 1.82) is 0 Å². The number of nitrogens with two attached hydrogens (primary N) is 1. The van der Waals surface area contributed by atoms with Crippen molar-refractivity contribution in [3.63, 3.8) is 0 Å². The van der Waals surface area contributed by atoms with Crippen LogP contribution < -0.4 is 11.1 Å². The Morgan fingerprint density at radius 2 is 2.07 bits per heavy atom. The summed E-state index contributed by atoms with van der Waals surface area (Å²) in [6.07, 6.45) is -0.445. The van der Waals surface area contributed by atoms with Gasteiger partial charge in [0.15, 0.2) is 6.04 Å². The summed E-state index contributed by atoms with van der Waals surface area (Å²) in [6.45, 7) is 1.68. The van der Waals surface area contributed by atoms with Gasteiger partial charge in [-0.3, -0.25) is 4.79 Å². The summed E-state index contributed by atoms with van der Waals surface area (Å²) in [7, 11) is 0. The summed E-state index contributed by atoms with van der Waals surface area (Å²) in [4.78, 5) is 21.6. The molecule has 1 amide bonds. The zero-order chi connectivity index (χ0) is 11.1. The molecule has 6 nitrogen and oxygen atoms in total. The van der Waals surface area contributed by atoms with Gasteiger partial charge in [0, 0.05) is 6.42 Å². The fourth-order valence-electron chi connectivity index (χ4n) is 0.897. The number of carbonyl (C=O) groups excluding carboxylic acids is 1. The molecule has 0 radical (unpaired) electrons. The van der Waals surface area contributed by atoms with Gasteiger partial charge in [0.25, 0.3) is 0 Å². The van der Waals surface area contributed by atoms with Gasteiger partial charge in [-0.25, -0.2) is 4.79 Å². The molecule has 0 aliphatic rings. The Balaban J connectivity index is 4.04. The van der Waals surface area contributed by atoms with Crippen LogP contribution in [0.4, 0.5) is 0 Å². The molecule has 82 valence electrons. The van der Waals surface area contributed by atoms with Crippen molar-refractivity contribution in [1.82, 2.24) is 5.32 Å². The summed E-state index contributed by atoms with van der Waals surface area (Å²) < 4.78 is 0. The minimum absolute atomic E-state index is 0.174. The Hall–Kier alpha value is -1.14. The van der Waals surface area contributed by atoms with Gasteiger partial charge < -0.3 is 21.3 Å². The molecule has 6 heteroatoms. The van der Waals surface area contributed by atoms with Crippen molar-refractivity contribution in [2.45, 2.75) is 31.9 Å². The normalized spacial score (nSPS) is 14.5. The van der Waals surface area contributed by atoms with Crippen molar-refractivity contribution in [2.75, 3.05) is 6.54 Å². The van der Waals surface area contributed by atoms with Gasteiger partial charge in [0.2, 0.25) is 5.91 Å². The first-order valence-electron chi connectivity index (χ1n) is 4.39. The number of amides is 1. The van der Waals surface area contributed by atoms with Crippen LogP contribution in [0, 0.1) is 0 Å². The number of hydrogen-bond donors (Lipinski definition) is 4. The Labute approximate surface area is 82.1 Å². The SMILES string of the molecule is C[C@@H](O)[C@H](NC(=O)CCCN)C(=O)O. The highest BCUT2D eigenvalue weighted by molar-refractivity contribution is 5.83. The number of carboxylic acids is 1. The first-order chi connectivity index (χ1) is 6.49. The maximum Gasteiger partial charge on any atom is 0.328 e. The van der Waals surface area contributed by atoms with Gasteiger partial charge in [-0.15, -0.1) is 0 Å². The van der Waals surface area contributed by atoms with E-state index in [9.17, 15) is 9.59 Å². The third-order valence-electron chi connectivity index (χ3n) is 1.67. The predicted octanol–water partition coefficient (Wildman–Crippen LogP) is -1.32. The first kappa shape index (κ1) is 12.9. The van der Waals surface area contributed by atoms with Crippen LogP contribution in [0.2, 0.25) is 0 Å². The van der Waals surface area contributed by atoms with Crippen molar-refractivity contribution in [3.05, 3.63) is 0 Å². The summed E-state index contributed by atoms with van der Waals surface area (Å²) in [6, 6.07) is -1.25. The Kier molecular flexibility index (Phi) is 5.82. The molecular formula is C8H16N2O4. The lowest BCUT2D eigenvalue weighted by Crippen LogP contribution is -2.47. The van der Waals surface area contributed by atoms with Crippen LogP contribution in [0.25, 0.3) is 0 Å². The molecule has 0 spiro atoms. The molecule has 0 aromatic carbocycles. The minimum atomic E-state index is -1.25. The zero-order valence-electron chi connectivity index (χ0n) is 8.06. The fraction of sp³-hybridized carbons (Fsp3) is 0.750. The molecule has 14 heavy (non-hydrogen) atoms. The minimum Gasteiger partial charge on any atom is -0.480 e. The fourth-order valence-corrected chi connectivity index (χ4v) is 0.897. The van der Waals surface area contributed by atoms with E-state index in [-0.39, 0.29) is 6.42 Å². The lowest BCUT2D eigenvalue weighted by molar-refractivity contribution is -0.144. The Morgan fingerprint density at radius 3 is 2.43 bits per heavy atom. The van der Waals surface area contributed by atoms with Crippen molar-refractivity contribution in [2.24, 2.45) is 5.73 Å². The molecule has 0 rings (SSSR count). The van der Waals surface area contributed by atoms with E-state index in [1.54, 1.807) is 0 Å². The second kappa shape index (κ2) is 6.33. The van der Waals surface area contributed by atoms with Gasteiger partial charge in [0.05, 0.1) is 6.10 Å². The van der Waals surface area contributed by atoms with E-state index < -0.39 is 24.0 Å². The highest BCUT2D eigenvalue weighted by atomic mass is 16.4. The topological polar surface area (TPSA) is 113 Å². The smallest absolute Gasteiger partial charge is 0.328 e. The summed E-state index contributed by atoms with van der Waals surface area (Å²) in [5, 5.41) is 19.9. The summed E-state index contributed by atoms with van der Waals surface area (Å²) in [5.41, 5.74) is 5.18. The van der Waals surface area contributed by atoms with E-state index in [0.717, 1.165) is 0 Å². The van der Waals surface area contributed by atoms with Crippen molar-refractivity contribution in [3.8, 4) is 0 Å². The summed E-state index contributed by atoms with van der Waals surface area (Å²) >= 11 is 0. The van der Waals surface area contributed by atoms with Gasteiger partial charge in [-0.05, 0) is 19.9 Å². The lowest BCUT2D eigenvalue weighted by Gasteiger charge is -2.16. The van der Waals surface area contributed by atoms with E-state index in [1.165, 1.54) is 6.92 Å². The number of carboxylic acid groups (broad SMARTS) is 1. The average Bonchev–Trinajstić information content (AvgIpc) is 2.09. The second-order valence-electron chi connectivity index (χ2n) is 3.02. The number of aliphatic hydroxyl groups excluding tert-OH is 1. The van der Waals surface area contributed by atoms with Crippen LogP contribution in [-0.2, 0) is 9.59 Å². The average molecular weight is 204 g/mol. The number of rotatable bonds is 6. The maximum absolute atomic E-state index is 11.1. The first-order valence-corrected chi connectivity index (χ1v) is 4.39. The van der Waals surface area contributed by atoms with E-state index in [2.05, 4.69) is 5.32 Å². The van der Waals surface area contributed by atoms with Crippen LogP contribution in [0.1, 0.15) is 19.8 Å². The highest BCUT2D eigenvalue weighted by Crippen LogP contribution is 1.95. The van der Waals surface area contributed by atoms with Crippen LogP contribution in [0.15, 0.2) is 0 Å². The van der Waals surface area contributed by atoms with Gasteiger partial charge in [0.1, 0.15) is 0 Å². The van der Waals surface area contributed by atoms with Crippen molar-refractivity contribution >= 4 is 11.9 Å². The van der Waals surface area contributed by atoms with E-state index in [4.69, 9.17) is 15.9 Å². The number of hydrogen-bond acceptors (Lipinski definition) is 4. The zero-order valence-corrected chi connectivity index (χ0v) is 8.06. The van der Waals surface area contributed by atoms with Crippen molar-refractivity contribution < 1.29 is 19.8 Å². The van der Waals surface area contributed by atoms with E-state index in [1.807, 2.05) is 0 Å². The molecule has 0 unspecified atom stereocenters. The van der Waals surface area contributed by atoms with Crippen LogP contribution >= 0.6 is 0 Å². The maximum atomic E-state index is 11.1. The molecule has 0 aromatic rings. The molecule has 5 N–H and O–H groups in total. The van der Waals surface area contributed by atoms with Crippen LogP contribution in [0.3, 0.4) is 0 Å². The molecule has 0 fully saturated rings. The number of aliphatic hydroxyl groups is 1. The number of carbonyl (C=O) groups is 2.